The predicted octanol–water partition coefficient (Wildman–Crippen LogP) is 3.19. The molecule has 5 rings (SSSR count). The highest BCUT2D eigenvalue weighted by Crippen LogP contribution is 2.31. The Morgan fingerprint density at radius 1 is 1.10 bits per heavy atom. The number of nitrogens with one attached hydrogen (secondary N) is 1. The fourth-order valence-electron chi connectivity index (χ4n) is 3.91. The summed E-state index contributed by atoms with van der Waals surface area (Å²) in [6.07, 6.45) is 8.29. The fraction of sp³-hybridized carbons (Fsp3) is 0.227. The number of aromatic nitrogens is 4. The van der Waals surface area contributed by atoms with Gasteiger partial charge in [-0.1, -0.05) is 6.07 Å². The van der Waals surface area contributed by atoms with Crippen LogP contribution in [0.5, 0.6) is 0 Å². The van der Waals surface area contributed by atoms with Crippen molar-refractivity contribution in [1.29, 1.82) is 0 Å². The molecule has 4 aromatic rings. The number of anilines is 3. The van der Waals surface area contributed by atoms with Crippen molar-refractivity contribution >= 4 is 22.8 Å². The Morgan fingerprint density at radius 2 is 2.03 bits per heavy atom. The number of nitrogen functional groups attached to an aromatic ring is 1. The first kappa shape index (κ1) is 17.5. The molecule has 7 nitrogen and oxygen atoms in total. The molecule has 1 aliphatic rings. The second-order valence-electron chi connectivity index (χ2n) is 7.46. The Hall–Kier alpha value is -3.61. The summed E-state index contributed by atoms with van der Waals surface area (Å²) in [5.74, 6) is 0.883. The minimum absolute atomic E-state index is 0.680. The van der Waals surface area contributed by atoms with Gasteiger partial charge in [-0.2, -0.15) is 0 Å². The molecule has 146 valence electrons. The first-order valence-corrected chi connectivity index (χ1v) is 9.77. The first-order valence-electron chi connectivity index (χ1n) is 9.77. The van der Waals surface area contributed by atoms with Crippen LogP contribution in [0.15, 0.2) is 55.2 Å². The third-order valence-corrected chi connectivity index (χ3v) is 5.45. The van der Waals surface area contributed by atoms with Crippen molar-refractivity contribution in [3.05, 3.63) is 77.6 Å². The van der Waals surface area contributed by atoms with E-state index in [4.69, 9.17) is 5.73 Å². The molecule has 3 N–H and O–H groups in total. The van der Waals surface area contributed by atoms with E-state index in [1.165, 1.54) is 5.56 Å². The Morgan fingerprint density at radius 3 is 2.93 bits per heavy atom. The van der Waals surface area contributed by atoms with E-state index in [2.05, 4.69) is 56.4 Å². The normalized spacial score (nSPS) is 13.5. The molecule has 0 saturated heterocycles. The van der Waals surface area contributed by atoms with E-state index in [1.54, 1.807) is 12.5 Å². The summed E-state index contributed by atoms with van der Waals surface area (Å²) < 4.78 is 2.00. The zero-order valence-corrected chi connectivity index (χ0v) is 16.3. The topological polar surface area (TPSA) is 84.4 Å². The van der Waals surface area contributed by atoms with Gasteiger partial charge >= 0.3 is 0 Å². The Labute approximate surface area is 169 Å². The number of rotatable bonds is 4. The molecule has 0 radical (unpaired) electrons. The van der Waals surface area contributed by atoms with Crippen LogP contribution in [-0.4, -0.2) is 25.9 Å². The number of fused-ring (bicyclic) bond motifs is 2. The monoisotopic (exact) mass is 385 g/mol. The average molecular weight is 385 g/mol. The molecular formula is C22H23N7. The number of imidazole rings is 1. The number of hydrogen-bond acceptors (Lipinski definition) is 6. The maximum Gasteiger partial charge on any atom is 0.136 e. The van der Waals surface area contributed by atoms with E-state index in [0.717, 1.165) is 59.2 Å². The first-order chi connectivity index (χ1) is 14.2. The molecule has 1 aliphatic heterocycles. The van der Waals surface area contributed by atoms with Crippen LogP contribution < -0.4 is 16.0 Å². The molecule has 0 aliphatic carbocycles. The lowest BCUT2D eigenvalue weighted by molar-refractivity contribution is 0.707. The van der Waals surface area contributed by atoms with Crippen LogP contribution in [0.25, 0.3) is 5.65 Å². The molecule has 1 aromatic carbocycles. The second kappa shape index (κ2) is 7.09. The molecular weight excluding hydrogens is 362 g/mol. The van der Waals surface area contributed by atoms with Gasteiger partial charge in [-0.15, -0.1) is 0 Å². The Kier molecular flexibility index (Phi) is 4.27. The number of hydrogen-bond donors (Lipinski definition) is 2. The third kappa shape index (κ3) is 3.35. The van der Waals surface area contributed by atoms with Gasteiger partial charge in [0.2, 0.25) is 0 Å². The zero-order chi connectivity index (χ0) is 19.8. The van der Waals surface area contributed by atoms with Gasteiger partial charge in [0.05, 0.1) is 17.1 Å². The maximum absolute atomic E-state index is 6.29. The van der Waals surface area contributed by atoms with Crippen LogP contribution in [-0.2, 0) is 19.5 Å². The van der Waals surface area contributed by atoms with Crippen LogP contribution in [0.4, 0.5) is 17.2 Å². The minimum Gasteiger partial charge on any atom is -0.397 e. The highest BCUT2D eigenvalue weighted by atomic mass is 15.2. The van der Waals surface area contributed by atoms with Gasteiger partial charge in [0.1, 0.15) is 17.8 Å². The van der Waals surface area contributed by atoms with Crippen molar-refractivity contribution in [1.82, 2.24) is 19.4 Å². The quantitative estimate of drug-likeness (QED) is 0.525. The van der Waals surface area contributed by atoms with Crippen LogP contribution in [0.2, 0.25) is 0 Å². The van der Waals surface area contributed by atoms with Crippen molar-refractivity contribution in [3.63, 3.8) is 0 Å². The molecule has 0 fully saturated rings. The van der Waals surface area contributed by atoms with E-state index < -0.39 is 0 Å². The van der Waals surface area contributed by atoms with Crippen LogP contribution in [0.1, 0.15) is 22.4 Å². The summed E-state index contributed by atoms with van der Waals surface area (Å²) in [6, 6.07) is 10.4. The van der Waals surface area contributed by atoms with Gasteiger partial charge in [0.25, 0.3) is 0 Å². The van der Waals surface area contributed by atoms with Gasteiger partial charge < -0.3 is 20.4 Å². The molecule has 7 heteroatoms. The van der Waals surface area contributed by atoms with Crippen molar-refractivity contribution in [2.45, 2.75) is 26.4 Å². The zero-order valence-electron chi connectivity index (χ0n) is 16.3. The average Bonchev–Trinajstić information content (AvgIpc) is 3.20. The molecule has 0 unspecified atom stereocenters. The molecule has 0 amide bonds. The molecule has 0 saturated carbocycles. The van der Waals surface area contributed by atoms with E-state index in [9.17, 15) is 0 Å². The predicted molar refractivity (Wildman–Crippen MR) is 115 cm³/mol. The van der Waals surface area contributed by atoms with Gasteiger partial charge in [0, 0.05) is 50.2 Å². The van der Waals surface area contributed by atoms with Crippen LogP contribution in [0.3, 0.4) is 0 Å². The van der Waals surface area contributed by atoms with Crippen LogP contribution in [0, 0.1) is 6.92 Å². The number of nitrogens with zero attached hydrogens (tertiary/aromatic N) is 5. The standard InChI is InChI=1S/C22H23N7/c1-15-2-3-20(18(23)10-15)29-8-5-19-17(13-29)22(27-14-26-19)25-12-16-4-7-28-9-6-24-21(28)11-16/h2-4,6-7,9-11,14H,5,8,12-13,23H2,1H3,(H,25,26,27). The minimum atomic E-state index is 0.680. The molecule has 0 atom stereocenters. The summed E-state index contributed by atoms with van der Waals surface area (Å²) in [5, 5.41) is 3.50. The molecule has 0 bridgehead atoms. The lowest BCUT2D eigenvalue weighted by Gasteiger charge is -2.32. The number of aryl methyl sites for hydroxylation is 1. The summed E-state index contributed by atoms with van der Waals surface area (Å²) in [7, 11) is 0. The van der Waals surface area contributed by atoms with Crippen molar-refractivity contribution in [2.75, 3.05) is 22.5 Å². The lowest BCUT2D eigenvalue weighted by Crippen LogP contribution is -2.32. The van der Waals surface area contributed by atoms with Crippen molar-refractivity contribution in [2.24, 2.45) is 0 Å². The molecule has 0 spiro atoms. The molecule has 3 aromatic heterocycles. The van der Waals surface area contributed by atoms with Crippen LogP contribution >= 0.6 is 0 Å². The van der Waals surface area contributed by atoms with Gasteiger partial charge in [-0.25, -0.2) is 15.0 Å². The number of benzene rings is 1. The van der Waals surface area contributed by atoms with Crippen molar-refractivity contribution < 1.29 is 0 Å². The summed E-state index contributed by atoms with van der Waals surface area (Å²) in [6.45, 7) is 4.38. The van der Waals surface area contributed by atoms with E-state index >= 15 is 0 Å². The van der Waals surface area contributed by atoms with Gasteiger partial charge in [-0.05, 0) is 42.3 Å². The van der Waals surface area contributed by atoms with Gasteiger partial charge in [-0.3, -0.25) is 0 Å². The fourth-order valence-corrected chi connectivity index (χ4v) is 3.91. The maximum atomic E-state index is 6.29. The highest BCUT2D eigenvalue weighted by molar-refractivity contribution is 5.69. The SMILES string of the molecule is Cc1ccc(N2CCc3ncnc(NCc4ccn5ccnc5c4)c3C2)c(N)c1. The lowest BCUT2D eigenvalue weighted by atomic mass is 10.0. The summed E-state index contributed by atoms with van der Waals surface area (Å²) >= 11 is 0. The Balaban J connectivity index is 1.38. The van der Waals surface area contributed by atoms with E-state index in [0.29, 0.717) is 6.54 Å². The van der Waals surface area contributed by atoms with E-state index in [-0.39, 0.29) is 0 Å². The molecule has 29 heavy (non-hydrogen) atoms. The van der Waals surface area contributed by atoms with E-state index in [1.807, 2.05) is 22.9 Å². The second-order valence-corrected chi connectivity index (χ2v) is 7.46. The van der Waals surface area contributed by atoms with Crippen molar-refractivity contribution in [3.8, 4) is 0 Å². The number of nitrogens with two attached hydrogens (primary N) is 1. The van der Waals surface area contributed by atoms with Gasteiger partial charge in [0.15, 0.2) is 0 Å². The number of pyridine rings is 1. The largest absolute Gasteiger partial charge is 0.397 e. The smallest absolute Gasteiger partial charge is 0.136 e. The summed E-state index contributed by atoms with van der Waals surface area (Å²) in [5.41, 5.74) is 13.7. The third-order valence-electron chi connectivity index (χ3n) is 5.45. The molecule has 4 heterocycles. The Bertz CT molecular complexity index is 1180. The highest BCUT2D eigenvalue weighted by Gasteiger charge is 2.22. The summed E-state index contributed by atoms with van der Waals surface area (Å²) in [4.78, 5) is 15.7.